The van der Waals surface area contributed by atoms with Gasteiger partial charge in [-0.2, -0.15) is 15.0 Å². The van der Waals surface area contributed by atoms with Crippen LogP contribution in [0.15, 0.2) is 48.8 Å². The molecule has 2 heterocycles. The van der Waals surface area contributed by atoms with Crippen LogP contribution in [0.25, 0.3) is 15.9 Å². The summed E-state index contributed by atoms with van der Waals surface area (Å²) in [4.78, 5) is 5.84. The van der Waals surface area contributed by atoms with Gasteiger partial charge in [-0.05, 0) is 30.3 Å². The molecule has 0 aliphatic heterocycles. The average molecular weight is 393 g/mol. The molecule has 1 N–H and O–H groups in total. The number of benzene rings is 2. The van der Waals surface area contributed by atoms with Crippen LogP contribution in [-0.4, -0.2) is 31.0 Å². The van der Waals surface area contributed by atoms with E-state index in [0.717, 1.165) is 16.5 Å². The highest BCUT2D eigenvalue weighted by Crippen LogP contribution is 2.37. The van der Waals surface area contributed by atoms with Crippen molar-refractivity contribution < 1.29 is 13.9 Å². The van der Waals surface area contributed by atoms with E-state index in [0.29, 0.717) is 11.6 Å². The third-order valence-corrected chi connectivity index (χ3v) is 5.50. The maximum absolute atomic E-state index is 14.2. The fourth-order valence-electron chi connectivity index (χ4n) is 2.63. The molecule has 0 fully saturated rings. The van der Waals surface area contributed by atoms with Gasteiger partial charge in [0.05, 0.1) is 34.2 Å². The van der Waals surface area contributed by atoms with Crippen molar-refractivity contribution in [3.8, 4) is 5.69 Å². The molecule has 0 aliphatic carbocycles. The quantitative estimate of drug-likeness (QED) is 0.539. The molecule has 1 unspecified atom stereocenters. The summed E-state index contributed by atoms with van der Waals surface area (Å²) in [6, 6.07) is 8.31. The van der Waals surface area contributed by atoms with Gasteiger partial charge in [0.1, 0.15) is 16.6 Å². The van der Waals surface area contributed by atoms with Crippen LogP contribution in [0.1, 0.15) is 10.6 Å². The smallest absolute Gasteiger partial charge is 0.157 e. The molecule has 4 aromatic rings. The monoisotopic (exact) mass is 392 g/mol. The van der Waals surface area contributed by atoms with Gasteiger partial charge in [-0.15, -0.1) is 22.9 Å². The van der Waals surface area contributed by atoms with Crippen molar-refractivity contribution in [1.82, 2.24) is 20.0 Å². The number of alkyl halides is 1. The first-order valence-electron chi connectivity index (χ1n) is 7.53. The lowest BCUT2D eigenvalue weighted by molar-refractivity contribution is 0.101. The van der Waals surface area contributed by atoms with Gasteiger partial charge in [0, 0.05) is 11.6 Å². The first kappa shape index (κ1) is 17.0. The number of rotatable bonds is 4. The maximum Gasteiger partial charge on any atom is 0.157 e. The van der Waals surface area contributed by atoms with E-state index in [1.807, 2.05) is 6.07 Å². The Labute approximate surface area is 155 Å². The van der Waals surface area contributed by atoms with Crippen LogP contribution in [0.3, 0.4) is 0 Å². The minimum atomic E-state index is -1.87. The molecule has 26 heavy (non-hydrogen) atoms. The summed E-state index contributed by atoms with van der Waals surface area (Å²) >= 11 is 7.13. The Balaban J connectivity index is 1.83. The van der Waals surface area contributed by atoms with Crippen molar-refractivity contribution in [3.05, 3.63) is 71.0 Å². The van der Waals surface area contributed by atoms with Crippen molar-refractivity contribution in [2.24, 2.45) is 0 Å². The minimum absolute atomic E-state index is 0.123. The number of halogens is 3. The fraction of sp³-hybridized carbons (Fsp3) is 0.118. The van der Waals surface area contributed by atoms with Gasteiger partial charge in [0.2, 0.25) is 0 Å². The van der Waals surface area contributed by atoms with Crippen molar-refractivity contribution in [2.45, 2.75) is 5.60 Å². The second-order valence-electron chi connectivity index (χ2n) is 5.61. The van der Waals surface area contributed by atoms with Gasteiger partial charge in [-0.1, -0.05) is 0 Å². The molecule has 2 aromatic carbocycles. The van der Waals surface area contributed by atoms with E-state index >= 15 is 0 Å². The summed E-state index contributed by atoms with van der Waals surface area (Å²) in [7, 11) is 0. The first-order chi connectivity index (χ1) is 12.5. The molecule has 1 atom stereocenters. The van der Waals surface area contributed by atoms with E-state index < -0.39 is 17.2 Å². The Hall–Kier alpha value is -2.42. The summed E-state index contributed by atoms with van der Waals surface area (Å²) in [6.07, 6.45) is 3.12. The van der Waals surface area contributed by atoms with Crippen LogP contribution >= 0.6 is 22.9 Å². The highest BCUT2D eigenvalue weighted by molar-refractivity contribution is 7.18. The molecule has 0 aliphatic rings. The van der Waals surface area contributed by atoms with Crippen LogP contribution in [-0.2, 0) is 5.60 Å². The number of hydrogen-bond donors (Lipinski definition) is 1. The predicted molar refractivity (Wildman–Crippen MR) is 94.6 cm³/mol. The van der Waals surface area contributed by atoms with Gasteiger partial charge in [0.15, 0.2) is 5.60 Å². The zero-order valence-electron chi connectivity index (χ0n) is 13.1. The molecule has 132 valence electrons. The molecule has 0 spiro atoms. The Kier molecular flexibility index (Phi) is 4.18. The predicted octanol–water partition coefficient (Wildman–Crippen LogP) is 3.63. The van der Waals surface area contributed by atoms with Crippen molar-refractivity contribution in [1.29, 1.82) is 0 Å². The van der Waals surface area contributed by atoms with E-state index in [4.69, 9.17) is 11.6 Å². The lowest BCUT2D eigenvalue weighted by atomic mass is 9.96. The molecule has 9 heteroatoms. The number of aromatic nitrogens is 4. The molecule has 0 amide bonds. The van der Waals surface area contributed by atoms with Gasteiger partial charge < -0.3 is 5.11 Å². The number of aliphatic hydroxyl groups is 1. The normalized spacial score (nSPS) is 13.8. The van der Waals surface area contributed by atoms with Crippen LogP contribution in [0.5, 0.6) is 0 Å². The molecule has 5 nitrogen and oxygen atoms in total. The van der Waals surface area contributed by atoms with Gasteiger partial charge >= 0.3 is 0 Å². The van der Waals surface area contributed by atoms with E-state index in [1.165, 1.54) is 22.2 Å². The Bertz CT molecular complexity index is 1090. The zero-order chi connectivity index (χ0) is 18.3. The van der Waals surface area contributed by atoms with Crippen molar-refractivity contribution in [3.63, 3.8) is 0 Å². The number of thiazole rings is 1. The van der Waals surface area contributed by atoms with E-state index in [2.05, 4.69) is 15.2 Å². The SMILES string of the molecule is OC(CCl)(c1nc2ccc(-n3nccn3)cc2s1)c1ccc(F)cc1F. The number of hydrogen-bond acceptors (Lipinski definition) is 5. The van der Waals surface area contributed by atoms with E-state index in [9.17, 15) is 13.9 Å². The lowest BCUT2D eigenvalue weighted by Crippen LogP contribution is -2.30. The van der Waals surface area contributed by atoms with E-state index in [1.54, 1.807) is 24.5 Å². The zero-order valence-corrected chi connectivity index (χ0v) is 14.7. The third kappa shape index (κ3) is 2.76. The van der Waals surface area contributed by atoms with Crippen LogP contribution < -0.4 is 0 Å². The first-order valence-corrected chi connectivity index (χ1v) is 8.88. The summed E-state index contributed by atoms with van der Waals surface area (Å²) < 4.78 is 28.2. The molecule has 2 aromatic heterocycles. The summed E-state index contributed by atoms with van der Waals surface area (Å²) in [6.45, 7) is 0. The summed E-state index contributed by atoms with van der Waals surface area (Å²) in [5, 5.41) is 19.4. The highest BCUT2D eigenvalue weighted by Gasteiger charge is 2.37. The van der Waals surface area contributed by atoms with Gasteiger partial charge in [-0.3, -0.25) is 0 Å². The lowest BCUT2D eigenvalue weighted by Gasteiger charge is -2.24. The summed E-state index contributed by atoms with van der Waals surface area (Å²) in [5.41, 5.74) is -0.651. The Morgan fingerprint density at radius 1 is 1.12 bits per heavy atom. The molecule has 0 radical (unpaired) electrons. The maximum atomic E-state index is 14.2. The molecule has 4 rings (SSSR count). The molecular weight excluding hydrogens is 382 g/mol. The highest BCUT2D eigenvalue weighted by atomic mass is 35.5. The Morgan fingerprint density at radius 2 is 1.88 bits per heavy atom. The second kappa shape index (κ2) is 6.39. The van der Waals surface area contributed by atoms with E-state index in [-0.39, 0.29) is 16.5 Å². The number of fused-ring (bicyclic) bond motifs is 1. The van der Waals surface area contributed by atoms with Crippen LogP contribution in [0, 0.1) is 11.6 Å². The Morgan fingerprint density at radius 3 is 2.58 bits per heavy atom. The standard InChI is InChI=1S/C17H11ClF2N4OS/c18-9-17(25,12-3-1-10(19)7-13(12)20)16-23-14-4-2-11(8-15(14)26-16)24-21-5-6-22-24/h1-8,25H,9H2. The summed E-state index contributed by atoms with van der Waals surface area (Å²) in [5.74, 6) is -1.94. The second-order valence-corrected chi connectivity index (χ2v) is 6.91. The largest absolute Gasteiger partial charge is 0.376 e. The topological polar surface area (TPSA) is 63.8 Å². The fourth-order valence-corrected chi connectivity index (χ4v) is 4.08. The van der Waals surface area contributed by atoms with Crippen molar-refractivity contribution >= 4 is 33.2 Å². The van der Waals surface area contributed by atoms with Gasteiger partial charge in [0.25, 0.3) is 0 Å². The molecule has 0 saturated carbocycles. The van der Waals surface area contributed by atoms with Crippen LogP contribution in [0.2, 0.25) is 0 Å². The third-order valence-electron chi connectivity index (χ3n) is 3.95. The van der Waals surface area contributed by atoms with Gasteiger partial charge in [-0.25, -0.2) is 13.8 Å². The van der Waals surface area contributed by atoms with Crippen LogP contribution in [0.4, 0.5) is 8.78 Å². The number of nitrogens with zero attached hydrogens (tertiary/aromatic N) is 4. The average Bonchev–Trinajstić information content (AvgIpc) is 3.30. The molecule has 0 saturated heterocycles. The minimum Gasteiger partial charge on any atom is -0.376 e. The van der Waals surface area contributed by atoms with Crippen molar-refractivity contribution in [2.75, 3.05) is 5.88 Å². The molecule has 0 bridgehead atoms. The molecular formula is C17H11ClF2N4OS.